The number of aromatic nitrogens is 2. The highest BCUT2D eigenvalue weighted by atomic mass is 79.9. The van der Waals surface area contributed by atoms with Crippen molar-refractivity contribution in [2.24, 2.45) is 5.92 Å². The quantitative estimate of drug-likeness (QED) is 0.800. The maximum absolute atomic E-state index is 12.2. The van der Waals surface area contributed by atoms with Crippen LogP contribution < -0.4 is 0 Å². The maximum atomic E-state index is 12.2. The highest BCUT2D eigenvalue weighted by molar-refractivity contribution is 9.10. The van der Waals surface area contributed by atoms with Crippen LogP contribution in [0.15, 0.2) is 10.7 Å². The van der Waals surface area contributed by atoms with Gasteiger partial charge >= 0.3 is 0 Å². The van der Waals surface area contributed by atoms with Gasteiger partial charge in [-0.05, 0) is 48.8 Å². The molecule has 1 aromatic heterocycles. The third-order valence-electron chi connectivity index (χ3n) is 3.12. The standard InChI is InChI=1S/C12H18BrN3O2/c1-15(2)5-6-16-10(9(13)7-14-16)12(18)11(17)8-3-4-8/h7-8,11,17H,3-6H2,1-2H3. The number of hydrogen-bond acceptors (Lipinski definition) is 4. The van der Waals surface area contributed by atoms with Gasteiger partial charge in [-0.25, -0.2) is 0 Å². The zero-order valence-corrected chi connectivity index (χ0v) is 12.2. The normalized spacial score (nSPS) is 17.2. The number of halogens is 1. The lowest BCUT2D eigenvalue weighted by Gasteiger charge is -2.13. The number of likely N-dealkylation sites (N-methyl/N-ethyl adjacent to an activating group) is 1. The summed E-state index contributed by atoms with van der Waals surface area (Å²) in [4.78, 5) is 14.2. The molecule has 0 bridgehead atoms. The fourth-order valence-corrected chi connectivity index (χ4v) is 2.33. The highest BCUT2D eigenvalue weighted by Gasteiger charge is 2.37. The second-order valence-corrected chi connectivity index (χ2v) is 5.87. The Bertz CT molecular complexity index is 441. The fourth-order valence-electron chi connectivity index (χ4n) is 1.84. The number of aliphatic hydroxyl groups excluding tert-OH is 1. The number of Topliss-reactive ketones (excluding diaryl/α,β-unsaturated/α-hetero) is 1. The van der Waals surface area contributed by atoms with E-state index in [2.05, 4.69) is 21.0 Å². The van der Waals surface area contributed by atoms with Crippen molar-refractivity contribution in [1.29, 1.82) is 0 Å². The maximum Gasteiger partial charge on any atom is 0.210 e. The van der Waals surface area contributed by atoms with Crippen molar-refractivity contribution >= 4 is 21.7 Å². The van der Waals surface area contributed by atoms with Gasteiger partial charge in [0, 0.05) is 6.54 Å². The third kappa shape index (κ3) is 2.99. The number of rotatable bonds is 6. The zero-order chi connectivity index (χ0) is 13.3. The van der Waals surface area contributed by atoms with Crippen LogP contribution in [0, 0.1) is 5.92 Å². The molecule has 1 heterocycles. The van der Waals surface area contributed by atoms with Crippen LogP contribution in [0.4, 0.5) is 0 Å². The lowest BCUT2D eigenvalue weighted by Crippen LogP contribution is -2.28. The summed E-state index contributed by atoms with van der Waals surface area (Å²) in [6, 6.07) is 0. The van der Waals surface area contributed by atoms with Gasteiger partial charge in [0.1, 0.15) is 11.8 Å². The van der Waals surface area contributed by atoms with Gasteiger partial charge in [-0.3, -0.25) is 9.48 Å². The summed E-state index contributed by atoms with van der Waals surface area (Å²) in [6.45, 7) is 1.44. The van der Waals surface area contributed by atoms with E-state index in [1.54, 1.807) is 10.9 Å². The van der Waals surface area contributed by atoms with Gasteiger partial charge in [-0.1, -0.05) is 0 Å². The zero-order valence-electron chi connectivity index (χ0n) is 10.6. The Balaban J connectivity index is 2.14. The number of ketones is 1. The summed E-state index contributed by atoms with van der Waals surface area (Å²) in [5, 5.41) is 14.1. The molecule has 1 saturated carbocycles. The molecule has 0 aromatic carbocycles. The second-order valence-electron chi connectivity index (χ2n) is 5.01. The van der Waals surface area contributed by atoms with Gasteiger partial charge in [0.25, 0.3) is 0 Å². The van der Waals surface area contributed by atoms with Crippen molar-refractivity contribution in [2.45, 2.75) is 25.5 Å². The fraction of sp³-hybridized carbons (Fsp3) is 0.667. The molecular weight excluding hydrogens is 298 g/mol. The molecule has 1 atom stereocenters. The van der Waals surface area contributed by atoms with E-state index in [1.165, 1.54) is 0 Å². The number of carbonyl (C=O) groups is 1. The first kappa shape index (κ1) is 13.7. The van der Waals surface area contributed by atoms with Crippen LogP contribution in [0.2, 0.25) is 0 Å². The molecule has 0 saturated heterocycles. The molecule has 1 unspecified atom stereocenters. The van der Waals surface area contributed by atoms with E-state index in [0.717, 1.165) is 19.4 Å². The summed E-state index contributed by atoms with van der Waals surface area (Å²) in [6.07, 6.45) is 2.62. The number of hydrogen-bond donors (Lipinski definition) is 1. The minimum Gasteiger partial charge on any atom is -0.385 e. The summed E-state index contributed by atoms with van der Waals surface area (Å²) in [5.74, 6) is -0.0813. The van der Waals surface area contributed by atoms with Gasteiger partial charge in [0.15, 0.2) is 0 Å². The molecule has 0 aliphatic heterocycles. The molecule has 0 radical (unpaired) electrons. The van der Waals surface area contributed by atoms with Gasteiger partial charge in [0.05, 0.1) is 17.2 Å². The van der Waals surface area contributed by atoms with E-state index in [4.69, 9.17) is 0 Å². The van der Waals surface area contributed by atoms with Crippen molar-refractivity contribution in [1.82, 2.24) is 14.7 Å². The molecule has 1 aliphatic rings. The minimum atomic E-state index is -0.879. The molecule has 2 rings (SSSR count). The first-order chi connectivity index (χ1) is 8.50. The van der Waals surface area contributed by atoms with E-state index in [1.807, 2.05) is 19.0 Å². The predicted molar refractivity (Wildman–Crippen MR) is 71.5 cm³/mol. The Kier molecular flexibility index (Phi) is 4.19. The molecule has 1 aliphatic carbocycles. The van der Waals surface area contributed by atoms with E-state index in [0.29, 0.717) is 16.7 Å². The van der Waals surface area contributed by atoms with Gasteiger partial charge in [-0.15, -0.1) is 0 Å². The van der Waals surface area contributed by atoms with Crippen molar-refractivity contribution < 1.29 is 9.90 Å². The van der Waals surface area contributed by atoms with Crippen LogP contribution in [0.1, 0.15) is 23.3 Å². The SMILES string of the molecule is CN(C)CCn1ncc(Br)c1C(=O)C(O)C1CC1. The number of nitrogens with zero attached hydrogens (tertiary/aromatic N) is 3. The summed E-state index contributed by atoms with van der Waals surface area (Å²) >= 11 is 3.33. The van der Waals surface area contributed by atoms with Crippen LogP contribution >= 0.6 is 15.9 Å². The molecule has 0 spiro atoms. The van der Waals surface area contributed by atoms with Crippen LogP contribution in [0.25, 0.3) is 0 Å². The smallest absolute Gasteiger partial charge is 0.210 e. The average molecular weight is 316 g/mol. The Labute approximate surface area is 115 Å². The van der Waals surface area contributed by atoms with Crippen LogP contribution in [0.3, 0.4) is 0 Å². The van der Waals surface area contributed by atoms with Crippen molar-refractivity contribution in [2.75, 3.05) is 20.6 Å². The average Bonchev–Trinajstić information content (AvgIpc) is 3.09. The van der Waals surface area contributed by atoms with E-state index >= 15 is 0 Å². The van der Waals surface area contributed by atoms with Crippen molar-refractivity contribution in [3.05, 3.63) is 16.4 Å². The van der Waals surface area contributed by atoms with Crippen molar-refractivity contribution in [3.8, 4) is 0 Å². The van der Waals surface area contributed by atoms with Crippen molar-refractivity contribution in [3.63, 3.8) is 0 Å². The Morgan fingerprint density at radius 2 is 2.33 bits per heavy atom. The molecule has 0 amide bonds. The van der Waals surface area contributed by atoms with E-state index < -0.39 is 6.10 Å². The Morgan fingerprint density at radius 1 is 1.67 bits per heavy atom. The molecule has 6 heteroatoms. The van der Waals surface area contributed by atoms with Crippen LogP contribution in [0.5, 0.6) is 0 Å². The number of carbonyl (C=O) groups excluding carboxylic acids is 1. The summed E-state index contributed by atoms with van der Waals surface area (Å²) in [7, 11) is 3.94. The molecule has 18 heavy (non-hydrogen) atoms. The molecule has 1 aromatic rings. The molecule has 1 fully saturated rings. The first-order valence-corrected chi connectivity index (χ1v) is 6.88. The first-order valence-electron chi connectivity index (χ1n) is 6.09. The van der Waals surface area contributed by atoms with Gasteiger partial charge < -0.3 is 10.0 Å². The molecule has 5 nitrogen and oxygen atoms in total. The van der Waals surface area contributed by atoms with Gasteiger partial charge in [0.2, 0.25) is 5.78 Å². The third-order valence-corrected chi connectivity index (χ3v) is 3.70. The summed E-state index contributed by atoms with van der Waals surface area (Å²) < 4.78 is 2.32. The molecular formula is C12H18BrN3O2. The monoisotopic (exact) mass is 315 g/mol. The van der Waals surface area contributed by atoms with Crippen LogP contribution in [-0.2, 0) is 6.54 Å². The summed E-state index contributed by atoms with van der Waals surface area (Å²) in [5.41, 5.74) is 0.483. The minimum absolute atomic E-state index is 0.140. The number of aliphatic hydroxyl groups is 1. The van der Waals surface area contributed by atoms with E-state index in [-0.39, 0.29) is 11.7 Å². The lowest BCUT2D eigenvalue weighted by molar-refractivity contribution is 0.0690. The molecule has 1 N–H and O–H groups in total. The van der Waals surface area contributed by atoms with Gasteiger partial charge in [-0.2, -0.15) is 5.10 Å². The van der Waals surface area contributed by atoms with Crippen LogP contribution in [-0.4, -0.2) is 52.3 Å². The second kappa shape index (κ2) is 5.50. The highest BCUT2D eigenvalue weighted by Crippen LogP contribution is 2.34. The topological polar surface area (TPSA) is 58.4 Å². The lowest BCUT2D eigenvalue weighted by atomic mass is 10.1. The van der Waals surface area contributed by atoms with E-state index in [9.17, 15) is 9.90 Å². The largest absolute Gasteiger partial charge is 0.385 e. The molecule has 100 valence electrons. The Hall–Kier alpha value is -0.720. The predicted octanol–water partition coefficient (Wildman–Crippen LogP) is 1.16. The Morgan fingerprint density at radius 3 is 2.89 bits per heavy atom.